The molecule has 0 aliphatic heterocycles. The molecule has 0 aliphatic rings. The van der Waals surface area contributed by atoms with Gasteiger partial charge in [0.25, 0.3) is 0 Å². The van der Waals surface area contributed by atoms with Crippen LogP contribution in [0.3, 0.4) is 0 Å². The zero-order chi connectivity index (χ0) is 21.5. The van der Waals surface area contributed by atoms with Crippen LogP contribution in [-0.4, -0.2) is 39.0 Å². The molecule has 2 heterocycles. The van der Waals surface area contributed by atoms with E-state index in [1.54, 1.807) is 19.9 Å². The van der Waals surface area contributed by atoms with Crippen molar-refractivity contribution in [1.29, 1.82) is 0 Å². The van der Waals surface area contributed by atoms with Gasteiger partial charge < -0.3 is 10.1 Å². The maximum atomic E-state index is 12.3. The zero-order valence-corrected chi connectivity index (χ0v) is 18.3. The van der Waals surface area contributed by atoms with Crippen LogP contribution in [0, 0.1) is 6.92 Å². The van der Waals surface area contributed by atoms with E-state index in [1.807, 2.05) is 30.3 Å². The van der Waals surface area contributed by atoms with E-state index in [0.29, 0.717) is 34.6 Å². The number of hydrogen-bond donors (Lipinski definition) is 2. The van der Waals surface area contributed by atoms with Crippen LogP contribution >= 0.6 is 23.1 Å². The molecular weight excluding hydrogens is 424 g/mol. The fraction of sp³-hybridized carbons (Fsp3) is 0.300. The highest BCUT2D eigenvalue weighted by Crippen LogP contribution is 2.27. The van der Waals surface area contributed by atoms with Crippen molar-refractivity contribution in [1.82, 2.24) is 14.8 Å². The van der Waals surface area contributed by atoms with Gasteiger partial charge in [-0.15, -0.1) is 16.4 Å². The predicted molar refractivity (Wildman–Crippen MR) is 117 cm³/mol. The minimum absolute atomic E-state index is 0.0846. The fourth-order valence-electron chi connectivity index (χ4n) is 2.74. The minimum Gasteiger partial charge on any atom is -0.462 e. The molecule has 0 spiro atoms. The maximum Gasteiger partial charge on any atom is 0.348 e. The first-order chi connectivity index (χ1) is 14.5. The maximum absolute atomic E-state index is 12.3. The van der Waals surface area contributed by atoms with Crippen molar-refractivity contribution in [2.24, 2.45) is 0 Å². The van der Waals surface area contributed by atoms with Crippen LogP contribution in [0.15, 0.2) is 46.3 Å². The molecule has 158 valence electrons. The van der Waals surface area contributed by atoms with Crippen molar-refractivity contribution in [2.45, 2.75) is 32.0 Å². The lowest BCUT2D eigenvalue weighted by Gasteiger charge is -2.06. The second kappa shape index (κ2) is 10.3. The molecule has 3 rings (SSSR count). The fourth-order valence-corrected chi connectivity index (χ4v) is 4.50. The summed E-state index contributed by atoms with van der Waals surface area (Å²) in [7, 11) is 0. The smallest absolute Gasteiger partial charge is 0.348 e. The average Bonchev–Trinajstić information content (AvgIpc) is 3.27. The Morgan fingerprint density at radius 3 is 2.80 bits per heavy atom. The summed E-state index contributed by atoms with van der Waals surface area (Å²) in [5.41, 5.74) is 1.56. The van der Waals surface area contributed by atoms with E-state index in [9.17, 15) is 14.4 Å². The number of benzene rings is 1. The summed E-state index contributed by atoms with van der Waals surface area (Å²) >= 11 is 2.36. The molecule has 3 aromatic rings. The summed E-state index contributed by atoms with van der Waals surface area (Å²) in [6, 6.07) is 11.6. The highest BCUT2D eigenvalue weighted by Gasteiger charge is 2.17. The summed E-state index contributed by atoms with van der Waals surface area (Å²) in [5.74, 6) is -0.558. The van der Waals surface area contributed by atoms with Crippen LogP contribution in [0.4, 0.5) is 5.00 Å². The number of thioether (sulfide) groups is 1. The standard InChI is InChI=1S/C20H22N4O4S2/c1-3-28-18(26)17-13(2)11-16(30-17)21-15(25)12-29-20-23-22-19(27)24(20)10-9-14-7-5-4-6-8-14/h4-8,11H,3,9-10,12H2,1-2H3,(H,21,25)(H,22,27). The Balaban J connectivity index is 1.57. The lowest BCUT2D eigenvalue weighted by Crippen LogP contribution is -2.19. The number of H-pyrrole nitrogens is 1. The van der Waals surface area contributed by atoms with Gasteiger partial charge >= 0.3 is 11.7 Å². The topological polar surface area (TPSA) is 106 Å². The van der Waals surface area contributed by atoms with Gasteiger partial charge in [-0.3, -0.25) is 9.36 Å². The number of nitrogens with one attached hydrogen (secondary N) is 2. The third-order valence-electron chi connectivity index (χ3n) is 4.16. The molecule has 0 bridgehead atoms. The van der Waals surface area contributed by atoms with E-state index < -0.39 is 5.97 Å². The molecule has 10 heteroatoms. The van der Waals surface area contributed by atoms with Crippen LogP contribution in [0.25, 0.3) is 0 Å². The summed E-state index contributed by atoms with van der Waals surface area (Å²) in [6.07, 6.45) is 0.686. The second-order valence-electron chi connectivity index (χ2n) is 6.38. The van der Waals surface area contributed by atoms with Gasteiger partial charge in [0.15, 0.2) is 5.16 Å². The van der Waals surface area contributed by atoms with Crippen molar-refractivity contribution in [2.75, 3.05) is 17.7 Å². The molecule has 0 fully saturated rings. The predicted octanol–water partition coefficient (Wildman–Crippen LogP) is 3.09. The number of hydrogen-bond acceptors (Lipinski definition) is 7. The molecule has 0 saturated carbocycles. The average molecular weight is 447 g/mol. The number of aryl methyl sites for hydroxylation is 2. The van der Waals surface area contributed by atoms with Gasteiger partial charge in [0, 0.05) is 6.54 Å². The third-order valence-corrected chi connectivity index (χ3v) is 6.27. The number of aromatic nitrogens is 3. The second-order valence-corrected chi connectivity index (χ2v) is 8.37. The first kappa shape index (κ1) is 21.8. The molecule has 0 atom stereocenters. The number of anilines is 1. The van der Waals surface area contributed by atoms with Crippen LogP contribution < -0.4 is 11.0 Å². The first-order valence-electron chi connectivity index (χ1n) is 9.37. The van der Waals surface area contributed by atoms with Crippen molar-refractivity contribution in [3.05, 3.63) is 62.9 Å². The normalized spacial score (nSPS) is 10.7. The van der Waals surface area contributed by atoms with Gasteiger partial charge in [0.05, 0.1) is 17.4 Å². The molecule has 0 unspecified atom stereocenters. The Hall–Kier alpha value is -2.85. The van der Waals surface area contributed by atoms with Gasteiger partial charge in [-0.1, -0.05) is 42.1 Å². The number of rotatable bonds is 9. The molecule has 0 aliphatic carbocycles. The van der Waals surface area contributed by atoms with Gasteiger partial charge in [-0.25, -0.2) is 14.7 Å². The van der Waals surface area contributed by atoms with Crippen LogP contribution in [0.5, 0.6) is 0 Å². The number of esters is 1. The number of ether oxygens (including phenoxy) is 1. The molecule has 30 heavy (non-hydrogen) atoms. The summed E-state index contributed by atoms with van der Waals surface area (Å²) in [6.45, 7) is 4.30. The Kier molecular flexibility index (Phi) is 7.47. The summed E-state index contributed by atoms with van der Waals surface area (Å²) in [5, 5.41) is 10.3. The van der Waals surface area contributed by atoms with Gasteiger partial charge in [0.1, 0.15) is 4.88 Å². The van der Waals surface area contributed by atoms with E-state index in [4.69, 9.17) is 4.74 Å². The quantitative estimate of drug-likeness (QED) is 0.386. The lowest BCUT2D eigenvalue weighted by atomic mass is 10.1. The number of carbonyl (C=O) groups excluding carboxylic acids is 2. The Morgan fingerprint density at radius 2 is 2.07 bits per heavy atom. The molecule has 1 aromatic carbocycles. The number of carbonyl (C=O) groups is 2. The number of aromatic amines is 1. The van der Waals surface area contributed by atoms with E-state index in [-0.39, 0.29) is 17.3 Å². The van der Waals surface area contributed by atoms with Crippen molar-refractivity contribution >= 4 is 40.0 Å². The molecular formula is C20H22N4O4S2. The van der Waals surface area contributed by atoms with Gasteiger partial charge in [-0.05, 0) is 37.5 Å². The van der Waals surface area contributed by atoms with E-state index in [2.05, 4.69) is 15.5 Å². The number of nitrogens with zero attached hydrogens (tertiary/aromatic N) is 2. The number of thiophene rings is 1. The minimum atomic E-state index is -0.395. The molecule has 0 radical (unpaired) electrons. The van der Waals surface area contributed by atoms with E-state index >= 15 is 0 Å². The zero-order valence-electron chi connectivity index (χ0n) is 16.6. The SMILES string of the molecule is CCOC(=O)c1sc(NC(=O)CSc2n[nH]c(=O)n2CCc2ccccc2)cc1C. The first-order valence-corrected chi connectivity index (χ1v) is 11.2. The number of amides is 1. The Labute approximate surface area is 181 Å². The third kappa shape index (κ3) is 5.61. The lowest BCUT2D eigenvalue weighted by molar-refractivity contribution is -0.113. The van der Waals surface area contributed by atoms with E-state index in [0.717, 1.165) is 11.1 Å². The largest absolute Gasteiger partial charge is 0.462 e. The van der Waals surface area contributed by atoms with Gasteiger partial charge in [-0.2, -0.15) is 0 Å². The van der Waals surface area contributed by atoms with Crippen molar-refractivity contribution in [3.8, 4) is 0 Å². The van der Waals surface area contributed by atoms with Crippen molar-refractivity contribution in [3.63, 3.8) is 0 Å². The summed E-state index contributed by atoms with van der Waals surface area (Å²) in [4.78, 5) is 36.8. The highest BCUT2D eigenvalue weighted by atomic mass is 32.2. The molecule has 1 amide bonds. The van der Waals surface area contributed by atoms with Crippen molar-refractivity contribution < 1.29 is 14.3 Å². The molecule has 2 aromatic heterocycles. The highest BCUT2D eigenvalue weighted by molar-refractivity contribution is 7.99. The molecule has 0 saturated heterocycles. The van der Waals surface area contributed by atoms with Gasteiger partial charge in [0.2, 0.25) is 5.91 Å². The monoisotopic (exact) mass is 446 g/mol. The van der Waals surface area contributed by atoms with Crippen LogP contribution in [0.2, 0.25) is 0 Å². The van der Waals surface area contributed by atoms with Crippen LogP contribution in [-0.2, 0) is 22.5 Å². The molecule has 2 N–H and O–H groups in total. The van der Waals surface area contributed by atoms with Crippen LogP contribution in [0.1, 0.15) is 27.7 Å². The Bertz CT molecular complexity index is 1070. The molecule has 8 nitrogen and oxygen atoms in total. The Morgan fingerprint density at radius 1 is 1.30 bits per heavy atom. The van der Waals surface area contributed by atoms with E-state index in [1.165, 1.54) is 27.7 Å². The summed E-state index contributed by atoms with van der Waals surface area (Å²) < 4.78 is 6.54.